The predicted octanol–water partition coefficient (Wildman–Crippen LogP) is 3.52. The molecule has 0 saturated heterocycles. The van der Waals surface area contributed by atoms with E-state index in [0.29, 0.717) is 29.4 Å². The molecule has 0 unspecified atom stereocenters. The highest BCUT2D eigenvalue weighted by molar-refractivity contribution is 6.44. The molecule has 2 aromatic rings. The molecule has 0 radical (unpaired) electrons. The first-order valence-corrected chi connectivity index (χ1v) is 9.02. The van der Waals surface area contributed by atoms with Crippen LogP contribution in [0.25, 0.3) is 0 Å². The van der Waals surface area contributed by atoms with E-state index in [2.05, 4.69) is 10.4 Å². The minimum absolute atomic E-state index is 0.0906. The van der Waals surface area contributed by atoms with Crippen LogP contribution < -0.4 is 10.2 Å². The lowest BCUT2D eigenvalue weighted by Gasteiger charge is -2.24. The van der Waals surface area contributed by atoms with Gasteiger partial charge in [0.25, 0.3) is 5.91 Å². The first-order valence-electron chi connectivity index (χ1n) is 8.64. The molecular formula is C20H21ClN4O2. The summed E-state index contributed by atoms with van der Waals surface area (Å²) in [5.41, 5.74) is 2.73. The lowest BCUT2D eigenvalue weighted by Crippen LogP contribution is -2.36. The van der Waals surface area contributed by atoms with Gasteiger partial charge in [0.05, 0.1) is 17.9 Å². The van der Waals surface area contributed by atoms with Crippen LogP contribution in [0.4, 0.5) is 11.4 Å². The summed E-state index contributed by atoms with van der Waals surface area (Å²) in [5.74, 6) is -0.418. The maximum atomic E-state index is 12.7. The quantitative estimate of drug-likeness (QED) is 0.857. The average Bonchev–Trinajstić information content (AvgIpc) is 2.64. The summed E-state index contributed by atoms with van der Waals surface area (Å²) in [6.45, 7) is 0.344. The number of anilines is 2. The van der Waals surface area contributed by atoms with Crippen molar-refractivity contribution < 1.29 is 9.59 Å². The second-order valence-corrected chi connectivity index (χ2v) is 6.93. The minimum Gasteiger partial charge on any atom is -0.376 e. The molecule has 0 aromatic heterocycles. The van der Waals surface area contributed by atoms with E-state index in [1.807, 2.05) is 55.4 Å². The topological polar surface area (TPSA) is 65.0 Å². The summed E-state index contributed by atoms with van der Waals surface area (Å²) in [6.07, 6.45) is 0.572. The van der Waals surface area contributed by atoms with Crippen molar-refractivity contribution >= 4 is 40.5 Å². The third-order valence-electron chi connectivity index (χ3n) is 4.23. The van der Waals surface area contributed by atoms with Gasteiger partial charge in [0.15, 0.2) is 0 Å². The molecule has 2 aromatic carbocycles. The van der Waals surface area contributed by atoms with Gasteiger partial charge in [0, 0.05) is 32.0 Å². The van der Waals surface area contributed by atoms with Crippen LogP contribution in [0, 0.1) is 0 Å². The van der Waals surface area contributed by atoms with Crippen molar-refractivity contribution in [3.05, 3.63) is 59.1 Å². The third-order valence-corrected chi connectivity index (χ3v) is 4.47. The zero-order valence-electron chi connectivity index (χ0n) is 15.3. The molecule has 1 aliphatic heterocycles. The van der Waals surface area contributed by atoms with E-state index in [0.717, 1.165) is 11.3 Å². The molecule has 1 heterocycles. The summed E-state index contributed by atoms with van der Waals surface area (Å²) in [6, 6.07) is 14.9. The fourth-order valence-corrected chi connectivity index (χ4v) is 3.01. The Kier molecular flexibility index (Phi) is 5.76. The van der Waals surface area contributed by atoms with Gasteiger partial charge in [-0.15, -0.1) is 0 Å². The number of amides is 2. The van der Waals surface area contributed by atoms with Crippen molar-refractivity contribution in [1.82, 2.24) is 5.01 Å². The van der Waals surface area contributed by atoms with Crippen LogP contribution in [0.15, 0.2) is 53.6 Å². The average molecular weight is 385 g/mol. The molecule has 0 aliphatic carbocycles. The van der Waals surface area contributed by atoms with Gasteiger partial charge in [0.1, 0.15) is 5.71 Å². The highest BCUT2D eigenvalue weighted by Gasteiger charge is 2.25. The van der Waals surface area contributed by atoms with Crippen LogP contribution in [0.3, 0.4) is 0 Å². The van der Waals surface area contributed by atoms with Crippen molar-refractivity contribution in [2.45, 2.75) is 19.4 Å². The number of carbonyl (C=O) groups excluding carboxylic acids is 2. The molecular weight excluding hydrogens is 364 g/mol. The molecule has 6 nitrogen and oxygen atoms in total. The minimum atomic E-state index is -0.328. The van der Waals surface area contributed by atoms with E-state index in [9.17, 15) is 9.59 Å². The molecule has 1 N–H and O–H groups in total. The Morgan fingerprint density at radius 2 is 1.93 bits per heavy atom. The number of halogens is 1. The van der Waals surface area contributed by atoms with Gasteiger partial charge >= 0.3 is 0 Å². The summed E-state index contributed by atoms with van der Waals surface area (Å²) >= 11 is 6.07. The van der Waals surface area contributed by atoms with Crippen LogP contribution in [0.1, 0.15) is 18.4 Å². The summed E-state index contributed by atoms with van der Waals surface area (Å²) in [5, 5.41) is 9.05. The van der Waals surface area contributed by atoms with E-state index in [1.165, 1.54) is 5.01 Å². The number of carbonyl (C=O) groups is 2. The Balaban J connectivity index is 1.79. The van der Waals surface area contributed by atoms with Gasteiger partial charge in [-0.1, -0.05) is 41.9 Å². The Morgan fingerprint density at radius 3 is 2.63 bits per heavy atom. The Labute approximate surface area is 163 Å². The lowest BCUT2D eigenvalue weighted by atomic mass is 10.1. The van der Waals surface area contributed by atoms with Crippen molar-refractivity contribution in [2.75, 3.05) is 24.3 Å². The van der Waals surface area contributed by atoms with Crippen molar-refractivity contribution in [3.63, 3.8) is 0 Å². The maximum absolute atomic E-state index is 12.7. The fourth-order valence-electron chi connectivity index (χ4n) is 2.84. The van der Waals surface area contributed by atoms with E-state index < -0.39 is 0 Å². The van der Waals surface area contributed by atoms with Gasteiger partial charge in [-0.3, -0.25) is 9.59 Å². The smallest absolute Gasteiger partial charge is 0.271 e. The van der Waals surface area contributed by atoms with Crippen molar-refractivity contribution in [3.8, 4) is 0 Å². The predicted molar refractivity (Wildman–Crippen MR) is 108 cm³/mol. The summed E-state index contributed by atoms with van der Waals surface area (Å²) in [7, 11) is 3.77. The standard InChI is InChI=1S/C20H21ClN4O2/c1-24(2)18-10-8-15(21)12-17(18)22-20(27)16-9-11-19(26)25(23-16)13-14-6-4-3-5-7-14/h3-8,10,12H,9,11,13H2,1-2H3,(H,22,27). The normalized spacial score (nSPS) is 14.0. The molecule has 0 fully saturated rings. The molecule has 27 heavy (non-hydrogen) atoms. The van der Waals surface area contributed by atoms with Crippen LogP contribution in [0.5, 0.6) is 0 Å². The number of benzene rings is 2. The lowest BCUT2D eigenvalue weighted by molar-refractivity contribution is -0.132. The largest absolute Gasteiger partial charge is 0.376 e. The number of hydrazone groups is 1. The SMILES string of the molecule is CN(C)c1ccc(Cl)cc1NC(=O)C1=NN(Cc2ccccc2)C(=O)CC1. The van der Waals surface area contributed by atoms with E-state index >= 15 is 0 Å². The van der Waals surface area contributed by atoms with E-state index in [-0.39, 0.29) is 18.2 Å². The molecule has 2 amide bonds. The van der Waals surface area contributed by atoms with Gasteiger partial charge in [-0.2, -0.15) is 5.10 Å². The number of hydrogen-bond donors (Lipinski definition) is 1. The highest BCUT2D eigenvalue weighted by atomic mass is 35.5. The van der Waals surface area contributed by atoms with Crippen LogP contribution in [-0.4, -0.2) is 36.6 Å². The Morgan fingerprint density at radius 1 is 1.19 bits per heavy atom. The Bertz CT molecular complexity index is 881. The third kappa shape index (κ3) is 4.65. The highest BCUT2D eigenvalue weighted by Crippen LogP contribution is 2.28. The van der Waals surface area contributed by atoms with Crippen LogP contribution in [0.2, 0.25) is 5.02 Å². The second kappa shape index (κ2) is 8.22. The maximum Gasteiger partial charge on any atom is 0.271 e. The Hall–Kier alpha value is -2.86. The monoisotopic (exact) mass is 384 g/mol. The van der Waals surface area contributed by atoms with Crippen LogP contribution >= 0.6 is 11.6 Å². The molecule has 7 heteroatoms. The van der Waals surface area contributed by atoms with E-state index in [1.54, 1.807) is 12.1 Å². The van der Waals surface area contributed by atoms with Crippen LogP contribution in [-0.2, 0) is 16.1 Å². The van der Waals surface area contributed by atoms with Gasteiger partial charge in [0.2, 0.25) is 5.91 Å². The summed E-state index contributed by atoms with van der Waals surface area (Å²) < 4.78 is 0. The van der Waals surface area contributed by atoms with Crippen molar-refractivity contribution in [1.29, 1.82) is 0 Å². The number of hydrogen-bond acceptors (Lipinski definition) is 4. The molecule has 140 valence electrons. The molecule has 3 rings (SSSR count). The van der Waals surface area contributed by atoms with Gasteiger partial charge < -0.3 is 10.2 Å². The van der Waals surface area contributed by atoms with Gasteiger partial charge in [-0.25, -0.2) is 5.01 Å². The first kappa shape index (κ1) is 18.9. The first-order chi connectivity index (χ1) is 12.9. The zero-order chi connectivity index (χ0) is 19.4. The zero-order valence-corrected chi connectivity index (χ0v) is 16.0. The molecule has 0 saturated carbocycles. The van der Waals surface area contributed by atoms with Crippen molar-refractivity contribution in [2.24, 2.45) is 5.10 Å². The summed E-state index contributed by atoms with van der Waals surface area (Å²) in [4.78, 5) is 26.8. The number of nitrogens with zero attached hydrogens (tertiary/aromatic N) is 3. The fraction of sp³-hybridized carbons (Fsp3) is 0.250. The number of rotatable bonds is 5. The number of nitrogens with one attached hydrogen (secondary N) is 1. The second-order valence-electron chi connectivity index (χ2n) is 6.49. The van der Waals surface area contributed by atoms with Gasteiger partial charge in [-0.05, 0) is 23.8 Å². The molecule has 0 bridgehead atoms. The van der Waals surface area contributed by atoms with E-state index in [4.69, 9.17) is 11.6 Å². The molecule has 1 aliphatic rings. The molecule has 0 atom stereocenters. The molecule has 0 spiro atoms.